The molecule has 1 aliphatic carbocycles. The number of carbonyl (C=O) groups excluding carboxylic acids is 1. The summed E-state index contributed by atoms with van der Waals surface area (Å²) >= 11 is 0. The summed E-state index contributed by atoms with van der Waals surface area (Å²) in [5.74, 6) is -0.270. The zero-order valence-corrected chi connectivity index (χ0v) is 18.7. The predicted octanol–water partition coefficient (Wildman–Crippen LogP) is 3.31. The van der Waals surface area contributed by atoms with E-state index >= 15 is 0 Å². The number of nitrogens with zero attached hydrogens (tertiary/aromatic N) is 3. The van der Waals surface area contributed by atoms with E-state index in [1.807, 2.05) is 9.58 Å². The summed E-state index contributed by atoms with van der Waals surface area (Å²) in [6.07, 6.45) is -1.33. The fraction of sp³-hybridized carbons (Fsp3) is 0.565. The first-order valence-corrected chi connectivity index (χ1v) is 11.4. The van der Waals surface area contributed by atoms with Crippen LogP contribution in [0.2, 0.25) is 0 Å². The minimum Gasteiger partial charge on any atom is -0.406 e. The molecule has 0 spiro atoms. The highest BCUT2D eigenvalue weighted by atomic mass is 19.4. The number of aryl methyl sites for hydroxylation is 1. The van der Waals surface area contributed by atoms with Gasteiger partial charge in [-0.3, -0.25) is 9.48 Å². The van der Waals surface area contributed by atoms with Crippen LogP contribution in [0.15, 0.2) is 24.3 Å². The highest BCUT2D eigenvalue weighted by Crippen LogP contribution is 2.27. The first kappa shape index (κ1) is 23.6. The fourth-order valence-electron chi connectivity index (χ4n) is 4.42. The molecule has 2 aliphatic rings. The van der Waals surface area contributed by atoms with Crippen LogP contribution in [0.5, 0.6) is 5.75 Å². The van der Waals surface area contributed by atoms with Crippen LogP contribution in [0.4, 0.5) is 13.2 Å². The zero-order valence-electron chi connectivity index (χ0n) is 18.7. The number of amides is 1. The van der Waals surface area contributed by atoms with Gasteiger partial charge < -0.3 is 19.7 Å². The molecule has 1 fully saturated rings. The van der Waals surface area contributed by atoms with Gasteiger partial charge in [0.1, 0.15) is 5.75 Å². The van der Waals surface area contributed by atoms with Crippen molar-refractivity contribution in [3.05, 3.63) is 46.8 Å². The van der Waals surface area contributed by atoms with E-state index in [0.717, 1.165) is 42.6 Å². The molecule has 4 rings (SSSR count). The lowest BCUT2D eigenvalue weighted by Gasteiger charge is -2.28. The van der Waals surface area contributed by atoms with Gasteiger partial charge >= 0.3 is 6.36 Å². The van der Waals surface area contributed by atoms with Crippen molar-refractivity contribution in [2.75, 3.05) is 26.3 Å². The van der Waals surface area contributed by atoms with E-state index in [-0.39, 0.29) is 17.7 Å². The molecule has 2 heterocycles. The molecule has 1 atom stereocenters. The lowest BCUT2D eigenvalue weighted by molar-refractivity contribution is -0.274. The molecule has 1 aliphatic heterocycles. The third kappa shape index (κ3) is 5.86. The molecule has 10 heteroatoms. The number of alkyl halides is 3. The molecule has 7 nitrogen and oxygen atoms in total. The van der Waals surface area contributed by atoms with Gasteiger partial charge in [-0.15, -0.1) is 13.2 Å². The first-order chi connectivity index (χ1) is 15.8. The van der Waals surface area contributed by atoms with Crippen LogP contribution in [0.25, 0.3) is 0 Å². The van der Waals surface area contributed by atoms with Crippen LogP contribution < -0.4 is 10.1 Å². The predicted molar refractivity (Wildman–Crippen MR) is 115 cm³/mol. The van der Waals surface area contributed by atoms with Gasteiger partial charge in [-0.2, -0.15) is 5.10 Å². The van der Waals surface area contributed by atoms with Crippen LogP contribution in [-0.4, -0.2) is 59.3 Å². The van der Waals surface area contributed by atoms with E-state index in [9.17, 15) is 18.0 Å². The minimum atomic E-state index is -4.70. The van der Waals surface area contributed by atoms with Crippen molar-refractivity contribution in [3.63, 3.8) is 0 Å². The van der Waals surface area contributed by atoms with Gasteiger partial charge in [0.2, 0.25) is 0 Å². The summed E-state index contributed by atoms with van der Waals surface area (Å²) in [6.45, 7) is 5.62. The van der Waals surface area contributed by atoms with Crippen LogP contribution in [0.1, 0.15) is 47.1 Å². The maximum atomic E-state index is 13.2. The molecule has 180 valence electrons. The van der Waals surface area contributed by atoms with Gasteiger partial charge in [0.15, 0.2) is 5.69 Å². The number of benzene rings is 1. The van der Waals surface area contributed by atoms with Crippen molar-refractivity contribution in [3.8, 4) is 5.75 Å². The second-order valence-electron chi connectivity index (χ2n) is 8.41. The number of rotatable bonds is 7. The number of fused-ring (bicyclic) bond motifs is 1. The van der Waals surface area contributed by atoms with Crippen LogP contribution >= 0.6 is 0 Å². The molecular formula is C23H29F3N4O3. The molecular weight excluding hydrogens is 437 g/mol. The number of hydrogen-bond donors (Lipinski definition) is 1. The molecule has 1 aromatic carbocycles. The van der Waals surface area contributed by atoms with E-state index in [1.165, 1.54) is 12.1 Å². The number of carbonyl (C=O) groups is 1. The Labute approximate surface area is 190 Å². The highest BCUT2D eigenvalue weighted by Gasteiger charge is 2.32. The van der Waals surface area contributed by atoms with Gasteiger partial charge in [-0.25, -0.2) is 0 Å². The van der Waals surface area contributed by atoms with Crippen molar-refractivity contribution < 1.29 is 27.4 Å². The van der Waals surface area contributed by atoms with E-state index < -0.39 is 6.36 Å². The highest BCUT2D eigenvalue weighted by molar-refractivity contribution is 5.94. The smallest absolute Gasteiger partial charge is 0.406 e. The Morgan fingerprint density at radius 1 is 1.24 bits per heavy atom. The molecule has 0 saturated carbocycles. The Kier molecular flexibility index (Phi) is 7.23. The molecule has 1 amide bonds. The van der Waals surface area contributed by atoms with Crippen LogP contribution in [-0.2, 0) is 30.7 Å². The van der Waals surface area contributed by atoms with Gasteiger partial charge in [0, 0.05) is 43.5 Å². The number of hydrogen-bond acceptors (Lipinski definition) is 5. The minimum absolute atomic E-state index is 0.0368. The van der Waals surface area contributed by atoms with Crippen LogP contribution in [0, 0.1) is 0 Å². The Bertz CT molecular complexity index is 953. The molecule has 0 bridgehead atoms. The standard InChI is InChI=1S/C23H29F3N4O3/c1-2-9-30-20-8-5-17(27-15-16-3-6-18(7-4-16)33-23(24,25)26)14-19(20)21(28-30)22(31)29-10-12-32-13-11-29/h3-4,6-7,17,27H,2,5,8-15H2,1H3/t17-/m0/s1. The number of aromatic nitrogens is 2. The van der Waals surface area contributed by atoms with Crippen molar-refractivity contribution in [2.24, 2.45) is 0 Å². The average molecular weight is 467 g/mol. The maximum absolute atomic E-state index is 13.2. The van der Waals surface area contributed by atoms with Crippen molar-refractivity contribution in [1.82, 2.24) is 20.0 Å². The second kappa shape index (κ2) is 10.1. The van der Waals surface area contributed by atoms with Gasteiger partial charge in [-0.1, -0.05) is 19.1 Å². The van der Waals surface area contributed by atoms with Crippen molar-refractivity contribution in [1.29, 1.82) is 0 Å². The van der Waals surface area contributed by atoms with E-state index in [2.05, 4.69) is 17.0 Å². The lowest BCUT2D eigenvalue weighted by Crippen LogP contribution is -2.41. The number of morpholine rings is 1. The lowest BCUT2D eigenvalue weighted by atomic mass is 9.90. The van der Waals surface area contributed by atoms with Crippen molar-refractivity contribution in [2.45, 2.75) is 58.1 Å². The largest absolute Gasteiger partial charge is 0.573 e. The summed E-state index contributed by atoms with van der Waals surface area (Å²) in [5.41, 5.74) is 3.56. The van der Waals surface area contributed by atoms with Crippen LogP contribution in [0.3, 0.4) is 0 Å². The first-order valence-electron chi connectivity index (χ1n) is 11.4. The van der Waals surface area contributed by atoms with E-state index in [4.69, 9.17) is 9.84 Å². The fourth-order valence-corrected chi connectivity index (χ4v) is 4.42. The Morgan fingerprint density at radius 2 is 1.97 bits per heavy atom. The number of halogens is 3. The summed E-state index contributed by atoms with van der Waals surface area (Å²) in [7, 11) is 0. The Morgan fingerprint density at radius 3 is 2.64 bits per heavy atom. The zero-order chi connectivity index (χ0) is 23.4. The summed E-state index contributed by atoms with van der Waals surface area (Å²) in [4.78, 5) is 15.0. The third-order valence-corrected chi connectivity index (χ3v) is 6.03. The normalized spacial score (nSPS) is 18.8. The monoisotopic (exact) mass is 466 g/mol. The maximum Gasteiger partial charge on any atom is 0.573 e. The summed E-state index contributed by atoms with van der Waals surface area (Å²) in [6, 6.07) is 6.03. The molecule has 1 N–H and O–H groups in total. The SMILES string of the molecule is CCCn1nc(C(=O)N2CCOCC2)c2c1CC[C@H](NCc1ccc(OC(F)(F)F)cc1)C2. The molecule has 33 heavy (non-hydrogen) atoms. The Hall–Kier alpha value is -2.59. The van der Waals surface area contributed by atoms with E-state index in [1.54, 1.807) is 12.1 Å². The molecule has 0 radical (unpaired) electrons. The van der Waals surface area contributed by atoms with Gasteiger partial charge in [0.25, 0.3) is 5.91 Å². The molecule has 0 unspecified atom stereocenters. The number of ether oxygens (including phenoxy) is 2. The number of nitrogens with one attached hydrogen (secondary N) is 1. The molecule has 2 aromatic rings. The molecule has 1 saturated heterocycles. The topological polar surface area (TPSA) is 68.6 Å². The van der Waals surface area contributed by atoms with Gasteiger partial charge in [0.05, 0.1) is 13.2 Å². The summed E-state index contributed by atoms with van der Waals surface area (Å²) in [5, 5.41) is 8.19. The molecule has 1 aromatic heterocycles. The average Bonchev–Trinajstić information content (AvgIpc) is 3.15. The quantitative estimate of drug-likeness (QED) is 0.678. The third-order valence-electron chi connectivity index (χ3n) is 6.03. The van der Waals surface area contributed by atoms with E-state index in [0.29, 0.717) is 45.0 Å². The van der Waals surface area contributed by atoms with Gasteiger partial charge in [-0.05, 0) is 43.4 Å². The second-order valence-corrected chi connectivity index (χ2v) is 8.41. The van der Waals surface area contributed by atoms with Crippen molar-refractivity contribution >= 4 is 5.91 Å². The Balaban J connectivity index is 1.43. The summed E-state index contributed by atoms with van der Waals surface area (Å²) < 4.78 is 48.3.